The van der Waals surface area contributed by atoms with Crippen molar-refractivity contribution in [1.29, 1.82) is 0 Å². The molecule has 0 atom stereocenters. The van der Waals surface area contributed by atoms with Crippen LogP contribution >= 0.6 is 11.6 Å². The molecule has 0 saturated heterocycles. The highest BCUT2D eigenvalue weighted by Crippen LogP contribution is 2.31. The molecule has 172 valence electrons. The summed E-state index contributed by atoms with van der Waals surface area (Å²) in [5.74, 6) is -1.83. The van der Waals surface area contributed by atoms with Crippen molar-refractivity contribution < 1.29 is 17.2 Å². The smallest absolute Gasteiger partial charge is 0.183 e. The van der Waals surface area contributed by atoms with E-state index in [0.29, 0.717) is 34.5 Å². The molecule has 4 rings (SSSR count). The van der Waals surface area contributed by atoms with Gasteiger partial charge in [-0.3, -0.25) is 0 Å². The molecule has 0 spiro atoms. The SMILES string of the molecule is CN(C)c1ccccc1CCc1c(CS(=O)(=O)c2ccc(Cl)cc2)[nH]c2c(F)cc(F)cc12. The molecule has 8 heteroatoms. The summed E-state index contributed by atoms with van der Waals surface area (Å²) in [6.07, 6.45) is 0.993. The van der Waals surface area contributed by atoms with Crippen LogP contribution in [-0.4, -0.2) is 27.5 Å². The first-order valence-electron chi connectivity index (χ1n) is 10.4. The Morgan fingerprint density at radius 1 is 0.970 bits per heavy atom. The van der Waals surface area contributed by atoms with Crippen LogP contribution in [0.2, 0.25) is 5.02 Å². The van der Waals surface area contributed by atoms with Gasteiger partial charge in [0.15, 0.2) is 9.84 Å². The highest BCUT2D eigenvalue weighted by atomic mass is 35.5. The number of benzene rings is 3. The minimum absolute atomic E-state index is 0.105. The summed E-state index contributed by atoms with van der Waals surface area (Å²) in [5.41, 5.74) is 3.14. The van der Waals surface area contributed by atoms with Crippen molar-refractivity contribution in [3.8, 4) is 0 Å². The summed E-state index contributed by atoms with van der Waals surface area (Å²) in [6.45, 7) is 0. The molecule has 4 nitrogen and oxygen atoms in total. The van der Waals surface area contributed by atoms with E-state index < -0.39 is 21.5 Å². The van der Waals surface area contributed by atoms with E-state index in [1.165, 1.54) is 30.3 Å². The summed E-state index contributed by atoms with van der Waals surface area (Å²) < 4.78 is 54.7. The van der Waals surface area contributed by atoms with Crippen LogP contribution in [0.1, 0.15) is 16.8 Å². The highest BCUT2D eigenvalue weighted by molar-refractivity contribution is 7.90. The Bertz CT molecular complexity index is 1410. The molecular formula is C25H23ClF2N2O2S. The molecule has 1 heterocycles. The number of aryl methyl sites for hydroxylation is 2. The van der Waals surface area contributed by atoms with Gasteiger partial charge in [-0.05, 0) is 60.4 Å². The van der Waals surface area contributed by atoms with E-state index in [1.54, 1.807) is 0 Å². The maximum atomic E-state index is 14.5. The van der Waals surface area contributed by atoms with Crippen molar-refractivity contribution in [2.75, 3.05) is 19.0 Å². The number of sulfone groups is 1. The monoisotopic (exact) mass is 488 g/mol. The summed E-state index contributed by atoms with van der Waals surface area (Å²) in [4.78, 5) is 5.02. The molecule has 0 saturated carbocycles. The molecule has 33 heavy (non-hydrogen) atoms. The number of fused-ring (bicyclic) bond motifs is 1. The summed E-state index contributed by atoms with van der Waals surface area (Å²) in [6, 6.07) is 15.8. The van der Waals surface area contributed by atoms with Crippen molar-refractivity contribution >= 4 is 38.0 Å². The van der Waals surface area contributed by atoms with Crippen LogP contribution in [0, 0.1) is 11.6 Å². The number of hydrogen-bond acceptors (Lipinski definition) is 3. The summed E-state index contributed by atoms with van der Waals surface area (Å²) >= 11 is 5.89. The first-order valence-corrected chi connectivity index (χ1v) is 12.4. The molecule has 0 aliphatic rings. The number of H-pyrrole nitrogens is 1. The Hall–Kier alpha value is -2.90. The van der Waals surface area contributed by atoms with Crippen molar-refractivity contribution in [3.63, 3.8) is 0 Å². The van der Waals surface area contributed by atoms with Crippen molar-refractivity contribution in [1.82, 2.24) is 4.98 Å². The van der Waals surface area contributed by atoms with Crippen LogP contribution in [0.15, 0.2) is 65.6 Å². The molecule has 0 bridgehead atoms. The second-order valence-electron chi connectivity index (χ2n) is 8.13. The minimum atomic E-state index is -3.74. The van der Waals surface area contributed by atoms with Crippen LogP contribution in [0.4, 0.5) is 14.5 Å². The number of hydrogen-bond donors (Lipinski definition) is 1. The first kappa shape index (κ1) is 23.3. The lowest BCUT2D eigenvalue weighted by Gasteiger charge is -2.17. The number of halogens is 3. The molecular weight excluding hydrogens is 466 g/mol. The average Bonchev–Trinajstić information content (AvgIpc) is 3.09. The van der Waals surface area contributed by atoms with Crippen molar-refractivity contribution in [2.24, 2.45) is 0 Å². The van der Waals surface area contributed by atoms with Gasteiger partial charge < -0.3 is 9.88 Å². The first-order chi connectivity index (χ1) is 15.7. The van der Waals surface area contributed by atoms with Crippen LogP contribution in [-0.2, 0) is 28.4 Å². The number of aromatic amines is 1. The number of para-hydroxylation sites is 1. The van der Waals surface area contributed by atoms with Crippen LogP contribution in [0.25, 0.3) is 10.9 Å². The highest BCUT2D eigenvalue weighted by Gasteiger charge is 2.22. The number of aromatic nitrogens is 1. The third-order valence-corrected chi connectivity index (χ3v) is 7.56. The fourth-order valence-corrected chi connectivity index (χ4v) is 5.54. The Morgan fingerprint density at radius 2 is 1.67 bits per heavy atom. The van der Waals surface area contributed by atoms with E-state index in [0.717, 1.165) is 17.3 Å². The van der Waals surface area contributed by atoms with E-state index in [4.69, 9.17) is 11.6 Å². The van der Waals surface area contributed by atoms with Crippen LogP contribution in [0.5, 0.6) is 0 Å². The molecule has 0 unspecified atom stereocenters. The Labute approximate surface area is 196 Å². The number of rotatable bonds is 7. The van der Waals surface area contributed by atoms with Gasteiger partial charge in [-0.15, -0.1) is 0 Å². The topological polar surface area (TPSA) is 53.2 Å². The van der Waals surface area contributed by atoms with E-state index in [9.17, 15) is 17.2 Å². The Kier molecular flexibility index (Phi) is 6.45. The zero-order chi connectivity index (χ0) is 23.8. The molecule has 0 amide bonds. The van der Waals surface area contributed by atoms with Gasteiger partial charge in [0.2, 0.25) is 0 Å². The predicted molar refractivity (Wildman–Crippen MR) is 129 cm³/mol. The summed E-state index contributed by atoms with van der Waals surface area (Å²) in [7, 11) is 0.146. The minimum Gasteiger partial charge on any atom is -0.377 e. The van der Waals surface area contributed by atoms with Gasteiger partial charge in [-0.25, -0.2) is 17.2 Å². The van der Waals surface area contributed by atoms with Crippen molar-refractivity contribution in [2.45, 2.75) is 23.5 Å². The lowest BCUT2D eigenvalue weighted by atomic mass is 10.00. The lowest BCUT2D eigenvalue weighted by Crippen LogP contribution is -2.12. The molecule has 0 aliphatic carbocycles. The van der Waals surface area contributed by atoms with Gasteiger partial charge in [0.25, 0.3) is 0 Å². The maximum Gasteiger partial charge on any atom is 0.183 e. The van der Waals surface area contributed by atoms with E-state index >= 15 is 0 Å². The number of anilines is 1. The molecule has 3 aromatic carbocycles. The van der Waals surface area contributed by atoms with Crippen LogP contribution < -0.4 is 4.90 Å². The fourth-order valence-electron chi connectivity index (χ4n) is 4.07. The number of nitrogens with one attached hydrogen (secondary N) is 1. The quantitative estimate of drug-likeness (QED) is 0.351. The van der Waals surface area contributed by atoms with Crippen molar-refractivity contribution in [3.05, 3.63) is 94.1 Å². The van der Waals surface area contributed by atoms with E-state index in [1.807, 2.05) is 43.3 Å². The molecule has 4 aromatic rings. The van der Waals surface area contributed by atoms with Gasteiger partial charge in [-0.2, -0.15) is 0 Å². The zero-order valence-electron chi connectivity index (χ0n) is 18.2. The Balaban J connectivity index is 1.76. The largest absolute Gasteiger partial charge is 0.377 e. The predicted octanol–water partition coefficient (Wildman–Crippen LogP) is 5.92. The van der Waals surface area contributed by atoms with Gasteiger partial charge in [0, 0.05) is 42.0 Å². The molecule has 0 radical (unpaired) electrons. The second kappa shape index (κ2) is 9.15. The number of nitrogens with zero attached hydrogens (tertiary/aromatic N) is 1. The lowest BCUT2D eigenvalue weighted by molar-refractivity contribution is 0.589. The van der Waals surface area contributed by atoms with Gasteiger partial charge in [0.1, 0.15) is 11.6 Å². The van der Waals surface area contributed by atoms with E-state index in [2.05, 4.69) is 4.98 Å². The average molecular weight is 489 g/mol. The zero-order valence-corrected chi connectivity index (χ0v) is 19.8. The third-order valence-electron chi connectivity index (χ3n) is 5.65. The van der Waals surface area contributed by atoms with Crippen LogP contribution in [0.3, 0.4) is 0 Å². The van der Waals surface area contributed by atoms with Gasteiger partial charge in [-0.1, -0.05) is 29.8 Å². The van der Waals surface area contributed by atoms with Gasteiger partial charge >= 0.3 is 0 Å². The molecule has 0 fully saturated rings. The van der Waals surface area contributed by atoms with E-state index in [-0.39, 0.29) is 16.2 Å². The normalized spacial score (nSPS) is 11.8. The third kappa shape index (κ3) is 4.89. The molecule has 0 aliphatic heterocycles. The molecule has 1 aromatic heterocycles. The Morgan fingerprint density at radius 3 is 2.36 bits per heavy atom. The van der Waals surface area contributed by atoms with Gasteiger partial charge in [0.05, 0.1) is 16.2 Å². The fraction of sp³-hybridized carbons (Fsp3) is 0.200. The molecule has 1 N–H and O–H groups in total. The second-order valence-corrected chi connectivity index (χ2v) is 10.6. The standard InChI is InChI=1S/C25H23ClF2N2O2S/c1-30(2)24-6-4-3-5-16(24)7-12-20-21-13-18(27)14-22(28)25(21)29-23(20)15-33(31,32)19-10-8-17(26)9-11-19/h3-6,8-11,13-14,29H,7,12,15H2,1-2H3. The maximum absolute atomic E-state index is 14.5. The summed E-state index contributed by atoms with van der Waals surface area (Å²) in [5, 5.41) is 0.786.